The highest BCUT2D eigenvalue weighted by Crippen LogP contribution is 2.66. The molecule has 0 amide bonds. The molecule has 104 valence electrons. The zero-order chi connectivity index (χ0) is 13.8. The average molecular weight is 295 g/mol. The van der Waals surface area contributed by atoms with E-state index in [-0.39, 0.29) is 11.1 Å². The van der Waals surface area contributed by atoms with Crippen molar-refractivity contribution in [1.82, 2.24) is 5.43 Å². The van der Waals surface area contributed by atoms with Crippen LogP contribution in [-0.2, 0) is 9.09 Å². The Hall–Kier alpha value is -0.590. The summed E-state index contributed by atoms with van der Waals surface area (Å²) >= 11 is 1.26. The summed E-state index contributed by atoms with van der Waals surface area (Å²) < 4.78 is 17.9. The van der Waals surface area contributed by atoms with Gasteiger partial charge in [0.25, 0.3) is 6.57 Å². The molecule has 0 aliphatic carbocycles. The third kappa shape index (κ3) is 3.70. The normalized spacial score (nSPS) is 24.2. The minimum absolute atomic E-state index is 0.168. The van der Waals surface area contributed by atoms with Gasteiger partial charge in [0.2, 0.25) is 0 Å². The van der Waals surface area contributed by atoms with Crippen molar-refractivity contribution in [3.63, 3.8) is 0 Å². The van der Waals surface area contributed by atoms with Crippen molar-refractivity contribution in [3.05, 3.63) is 10.1 Å². The smallest absolute Gasteiger partial charge is 0.268 e. The van der Waals surface area contributed by atoms with Crippen LogP contribution < -0.4 is 5.43 Å². The lowest BCUT2D eigenvalue weighted by Gasteiger charge is -2.24. The molecular weight excluding hydrogens is 277 g/mol. The minimum atomic E-state index is -3.01. The highest BCUT2D eigenvalue weighted by atomic mass is 32.7. The number of hydrogen-bond donors (Lipinski definition) is 1. The summed E-state index contributed by atoms with van der Waals surface area (Å²) in [5.41, 5.74) is 1.52. The second kappa shape index (κ2) is 6.54. The molecule has 0 bridgehead atoms. The molecule has 7 nitrogen and oxygen atoms in total. The van der Waals surface area contributed by atoms with Crippen LogP contribution in [0.5, 0.6) is 0 Å². The molecule has 3 atom stereocenters. The Morgan fingerprint density at radius 2 is 2.44 bits per heavy atom. The number of hydrazine groups is 1. The molecule has 0 spiro atoms. The van der Waals surface area contributed by atoms with Gasteiger partial charge in [0.05, 0.1) is 0 Å². The molecule has 0 aromatic carbocycles. The molecule has 1 N–H and O–H groups in total. The highest BCUT2D eigenvalue weighted by molar-refractivity contribution is 8.57. The zero-order valence-corrected chi connectivity index (χ0v) is 12.4. The van der Waals surface area contributed by atoms with Gasteiger partial charge in [0, 0.05) is 18.9 Å². The zero-order valence-electron chi connectivity index (χ0n) is 10.7. The Morgan fingerprint density at radius 1 is 1.78 bits per heavy atom. The Morgan fingerprint density at radius 3 is 2.94 bits per heavy atom. The molecule has 18 heavy (non-hydrogen) atoms. The van der Waals surface area contributed by atoms with Gasteiger partial charge in [-0.05, 0) is 12.8 Å². The lowest BCUT2D eigenvalue weighted by atomic mass is 10.3. The van der Waals surface area contributed by atoms with Gasteiger partial charge in [-0.1, -0.05) is 30.7 Å². The van der Waals surface area contributed by atoms with E-state index in [0.717, 1.165) is 6.42 Å². The maximum Gasteiger partial charge on any atom is 0.268 e. The average Bonchev–Trinajstić information content (AvgIpc) is 2.76. The number of nitro groups is 1. The molecular formula is C9H18N3O4PS. The van der Waals surface area contributed by atoms with Crippen molar-refractivity contribution < 1.29 is 14.1 Å². The second-order valence-corrected chi connectivity index (χ2v) is 9.23. The van der Waals surface area contributed by atoms with E-state index in [1.807, 2.05) is 19.3 Å². The summed E-state index contributed by atoms with van der Waals surface area (Å²) in [7, 11) is 1.39. The van der Waals surface area contributed by atoms with E-state index in [1.54, 1.807) is 0 Å². The third-order valence-electron chi connectivity index (χ3n) is 2.74. The van der Waals surface area contributed by atoms with Crippen LogP contribution in [0.3, 0.4) is 0 Å². The van der Waals surface area contributed by atoms with Crippen molar-refractivity contribution in [3.8, 4) is 0 Å². The maximum absolute atomic E-state index is 12.7. The van der Waals surface area contributed by atoms with Gasteiger partial charge in [-0.25, -0.2) is 10.1 Å². The van der Waals surface area contributed by atoms with E-state index in [1.165, 1.54) is 18.5 Å². The SMILES string of the molecule is CCC(C)SP(=O)(OC)C1CCN=C1N[N+](=O)[O-]. The Kier molecular flexibility index (Phi) is 5.62. The van der Waals surface area contributed by atoms with E-state index < -0.39 is 17.3 Å². The van der Waals surface area contributed by atoms with Crippen molar-refractivity contribution in [2.24, 2.45) is 4.99 Å². The lowest BCUT2D eigenvalue weighted by Crippen LogP contribution is -2.35. The quantitative estimate of drug-likeness (QED) is 0.459. The van der Waals surface area contributed by atoms with Crippen molar-refractivity contribution in [2.45, 2.75) is 37.6 Å². The van der Waals surface area contributed by atoms with Crippen molar-refractivity contribution in [1.29, 1.82) is 0 Å². The first kappa shape index (κ1) is 15.5. The largest absolute Gasteiger partial charge is 0.324 e. The molecule has 1 heterocycles. The monoisotopic (exact) mass is 295 g/mol. The third-order valence-corrected chi connectivity index (χ3v) is 8.68. The first-order valence-electron chi connectivity index (χ1n) is 5.72. The van der Waals surface area contributed by atoms with Gasteiger partial charge in [-0.3, -0.25) is 9.56 Å². The van der Waals surface area contributed by atoms with Crippen LogP contribution in [0.4, 0.5) is 0 Å². The minimum Gasteiger partial charge on any atom is -0.324 e. The molecule has 1 aliphatic rings. The molecule has 0 saturated heterocycles. The predicted molar refractivity (Wildman–Crippen MR) is 72.8 cm³/mol. The molecule has 9 heteroatoms. The fourth-order valence-electron chi connectivity index (χ4n) is 1.63. The number of aliphatic imine (C=N–C) groups is 1. The van der Waals surface area contributed by atoms with Crippen LogP contribution in [0, 0.1) is 10.1 Å². The van der Waals surface area contributed by atoms with E-state index in [4.69, 9.17) is 4.52 Å². The fourth-order valence-corrected chi connectivity index (χ4v) is 6.91. The molecule has 1 rings (SSSR count). The summed E-state index contributed by atoms with van der Waals surface area (Å²) in [6.07, 6.45) is 1.38. The topological polar surface area (TPSA) is 93.8 Å². The van der Waals surface area contributed by atoms with Gasteiger partial charge in [-0.2, -0.15) is 0 Å². The van der Waals surface area contributed by atoms with E-state index in [0.29, 0.717) is 13.0 Å². The van der Waals surface area contributed by atoms with E-state index >= 15 is 0 Å². The first-order valence-corrected chi connectivity index (χ1v) is 8.90. The number of hydrogen-bond acceptors (Lipinski definition) is 6. The maximum atomic E-state index is 12.7. The number of nitrogens with zero attached hydrogens (tertiary/aromatic N) is 2. The van der Waals surface area contributed by atoms with Crippen LogP contribution in [0.1, 0.15) is 26.7 Å². The Bertz CT molecular complexity index is 390. The molecule has 1 aliphatic heterocycles. The molecule has 0 aromatic rings. The Labute approximate surface area is 110 Å². The Balaban J connectivity index is 2.84. The van der Waals surface area contributed by atoms with Gasteiger partial charge >= 0.3 is 0 Å². The molecule has 0 saturated carbocycles. The van der Waals surface area contributed by atoms with Crippen molar-refractivity contribution in [2.75, 3.05) is 13.7 Å². The highest BCUT2D eigenvalue weighted by Gasteiger charge is 2.42. The standard InChI is InChI=1S/C9H18N3O4PS/c1-4-7(2)18-17(15,16-3)8-5-6-10-9(8)11-12(13)14/h7-8H,4-6H2,1-3H3,(H,10,11). The van der Waals surface area contributed by atoms with Crippen LogP contribution in [-0.4, -0.2) is 35.4 Å². The summed E-state index contributed by atoms with van der Waals surface area (Å²) in [5.74, 6) is 0.168. The van der Waals surface area contributed by atoms with Crippen LogP contribution in [0.25, 0.3) is 0 Å². The molecule has 0 aromatic heterocycles. The van der Waals surface area contributed by atoms with Gasteiger partial charge in [0.15, 0.2) is 10.9 Å². The molecule has 0 radical (unpaired) electrons. The summed E-state index contributed by atoms with van der Waals surface area (Å²) in [6, 6.07) is 0. The van der Waals surface area contributed by atoms with Crippen LogP contribution in [0.2, 0.25) is 0 Å². The molecule has 3 unspecified atom stereocenters. The summed E-state index contributed by atoms with van der Waals surface area (Å²) in [6.45, 7) is 1.38. The fraction of sp³-hybridized carbons (Fsp3) is 0.889. The van der Waals surface area contributed by atoms with Gasteiger partial charge in [-0.15, -0.1) is 0 Å². The second-order valence-electron chi connectivity index (χ2n) is 3.99. The number of nitrogens with one attached hydrogen (secondary N) is 1. The van der Waals surface area contributed by atoms with Crippen molar-refractivity contribution >= 4 is 23.8 Å². The van der Waals surface area contributed by atoms with Crippen LogP contribution in [0.15, 0.2) is 4.99 Å². The van der Waals surface area contributed by atoms with Crippen LogP contribution >= 0.6 is 18.0 Å². The van der Waals surface area contributed by atoms with Gasteiger partial charge in [0.1, 0.15) is 5.66 Å². The van der Waals surface area contributed by atoms with E-state index in [2.05, 4.69) is 4.99 Å². The number of rotatable bonds is 6. The first-order chi connectivity index (χ1) is 8.42. The van der Waals surface area contributed by atoms with Gasteiger partial charge < -0.3 is 4.52 Å². The summed E-state index contributed by atoms with van der Waals surface area (Å²) in [4.78, 5) is 14.5. The van der Waals surface area contributed by atoms with E-state index in [9.17, 15) is 14.7 Å². The molecule has 0 fully saturated rings. The lowest BCUT2D eigenvalue weighted by molar-refractivity contribution is -0.525. The number of amidine groups is 1. The summed E-state index contributed by atoms with van der Waals surface area (Å²) in [5, 5.41) is 9.97. The predicted octanol–water partition coefficient (Wildman–Crippen LogP) is 2.31.